The molecule has 23 heavy (non-hydrogen) atoms. The lowest BCUT2D eigenvalue weighted by Crippen LogP contribution is -2.09. The molecule has 116 valence electrons. The minimum absolute atomic E-state index is 0.0713. The second kappa shape index (κ2) is 6.01. The smallest absolute Gasteiger partial charge is 0.347 e. The van der Waals surface area contributed by atoms with E-state index in [0.717, 1.165) is 10.9 Å². The van der Waals surface area contributed by atoms with Gasteiger partial charge < -0.3 is 14.6 Å². The summed E-state index contributed by atoms with van der Waals surface area (Å²) in [6.07, 6.45) is 0. The van der Waals surface area contributed by atoms with Crippen LogP contribution in [0, 0.1) is 6.92 Å². The van der Waals surface area contributed by atoms with Crippen LogP contribution in [0.5, 0.6) is 17.2 Å². The van der Waals surface area contributed by atoms with Gasteiger partial charge in [-0.15, -0.1) is 0 Å². The van der Waals surface area contributed by atoms with Crippen LogP contribution in [0.25, 0.3) is 10.8 Å². The topological polar surface area (TPSA) is 55.8 Å². The van der Waals surface area contributed by atoms with Gasteiger partial charge in [0, 0.05) is 10.8 Å². The number of para-hydroxylation sites is 1. The summed E-state index contributed by atoms with van der Waals surface area (Å²) < 4.78 is 10.7. The molecule has 0 saturated carbocycles. The SMILES string of the molecule is COc1cc(C(=O)Oc2ccccc2)c(O)c2ccc(C)cc12. The Morgan fingerprint density at radius 3 is 2.43 bits per heavy atom. The Balaban J connectivity index is 2.09. The van der Waals surface area contributed by atoms with E-state index in [-0.39, 0.29) is 11.3 Å². The Morgan fingerprint density at radius 2 is 1.74 bits per heavy atom. The molecule has 0 bridgehead atoms. The van der Waals surface area contributed by atoms with Gasteiger partial charge in [-0.25, -0.2) is 4.79 Å². The lowest BCUT2D eigenvalue weighted by atomic mass is 10.0. The number of fused-ring (bicyclic) bond motifs is 1. The van der Waals surface area contributed by atoms with Crippen molar-refractivity contribution in [2.24, 2.45) is 0 Å². The minimum Gasteiger partial charge on any atom is -0.506 e. The van der Waals surface area contributed by atoms with E-state index in [0.29, 0.717) is 16.9 Å². The maximum Gasteiger partial charge on any atom is 0.347 e. The van der Waals surface area contributed by atoms with Crippen molar-refractivity contribution >= 4 is 16.7 Å². The molecule has 0 aromatic heterocycles. The van der Waals surface area contributed by atoms with E-state index in [1.165, 1.54) is 13.2 Å². The third-order valence-corrected chi connectivity index (χ3v) is 3.62. The Labute approximate surface area is 133 Å². The van der Waals surface area contributed by atoms with Crippen LogP contribution < -0.4 is 9.47 Å². The van der Waals surface area contributed by atoms with Crippen LogP contribution in [-0.2, 0) is 0 Å². The van der Waals surface area contributed by atoms with Gasteiger partial charge in [0.1, 0.15) is 22.8 Å². The van der Waals surface area contributed by atoms with Gasteiger partial charge in [-0.2, -0.15) is 0 Å². The van der Waals surface area contributed by atoms with Gasteiger partial charge in [0.05, 0.1) is 7.11 Å². The number of carbonyl (C=O) groups is 1. The summed E-state index contributed by atoms with van der Waals surface area (Å²) in [6.45, 7) is 1.95. The molecule has 0 atom stereocenters. The van der Waals surface area contributed by atoms with Gasteiger partial charge in [0.15, 0.2) is 0 Å². The van der Waals surface area contributed by atoms with Crippen molar-refractivity contribution in [2.45, 2.75) is 6.92 Å². The number of aryl methyl sites for hydroxylation is 1. The monoisotopic (exact) mass is 308 g/mol. The first kappa shape index (κ1) is 14.9. The average Bonchev–Trinajstić information content (AvgIpc) is 2.56. The number of rotatable bonds is 3. The van der Waals surface area contributed by atoms with Crippen molar-refractivity contribution in [3.8, 4) is 17.2 Å². The molecule has 4 heteroatoms. The summed E-state index contributed by atoms with van der Waals surface area (Å²) >= 11 is 0. The molecule has 0 spiro atoms. The number of phenolic OH excluding ortho intramolecular Hbond substituents is 1. The first-order chi connectivity index (χ1) is 11.1. The molecule has 0 amide bonds. The summed E-state index contributed by atoms with van der Waals surface area (Å²) in [6, 6.07) is 15.8. The fraction of sp³-hybridized carbons (Fsp3) is 0.105. The van der Waals surface area contributed by atoms with Crippen LogP contribution in [0.15, 0.2) is 54.6 Å². The number of benzene rings is 3. The highest BCUT2D eigenvalue weighted by Gasteiger charge is 2.19. The third kappa shape index (κ3) is 2.83. The molecule has 0 aliphatic rings. The molecule has 0 heterocycles. The Kier molecular flexibility index (Phi) is 3.89. The molecule has 0 radical (unpaired) electrons. The molecular formula is C19H16O4. The van der Waals surface area contributed by atoms with Crippen LogP contribution >= 0.6 is 0 Å². The van der Waals surface area contributed by atoms with Crippen molar-refractivity contribution in [2.75, 3.05) is 7.11 Å². The van der Waals surface area contributed by atoms with Gasteiger partial charge in [0.25, 0.3) is 0 Å². The Bertz CT molecular complexity index is 869. The second-order valence-electron chi connectivity index (χ2n) is 5.23. The summed E-state index contributed by atoms with van der Waals surface area (Å²) in [4.78, 5) is 12.4. The van der Waals surface area contributed by atoms with Gasteiger partial charge in [-0.05, 0) is 31.2 Å². The molecule has 0 aliphatic heterocycles. The van der Waals surface area contributed by atoms with Crippen LogP contribution in [0.2, 0.25) is 0 Å². The van der Waals surface area contributed by atoms with Gasteiger partial charge in [0.2, 0.25) is 0 Å². The number of aromatic hydroxyl groups is 1. The molecule has 0 saturated heterocycles. The summed E-state index contributed by atoms with van der Waals surface area (Å²) in [5.74, 6) is 0.192. The van der Waals surface area contributed by atoms with Crippen molar-refractivity contribution in [3.63, 3.8) is 0 Å². The fourth-order valence-corrected chi connectivity index (χ4v) is 2.47. The van der Waals surface area contributed by atoms with E-state index in [2.05, 4.69) is 0 Å². The predicted octanol–water partition coefficient (Wildman–Crippen LogP) is 4.08. The number of hydrogen-bond acceptors (Lipinski definition) is 4. The first-order valence-electron chi connectivity index (χ1n) is 7.17. The zero-order valence-electron chi connectivity index (χ0n) is 12.9. The number of carbonyl (C=O) groups excluding carboxylic acids is 1. The first-order valence-corrected chi connectivity index (χ1v) is 7.17. The highest BCUT2D eigenvalue weighted by molar-refractivity contribution is 6.04. The minimum atomic E-state index is -0.630. The molecule has 0 fully saturated rings. The van der Waals surface area contributed by atoms with E-state index in [4.69, 9.17) is 9.47 Å². The lowest BCUT2D eigenvalue weighted by Gasteiger charge is -2.12. The number of methoxy groups -OCH3 is 1. The molecule has 3 aromatic carbocycles. The molecule has 0 aliphatic carbocycles. The molecular weight excluding hydrogens is 292 g/mol. The Morgan fingerprint density at radius 1 is 1.00 bits per heavy atom. The quantitative estimate of drug-likeness (QED) is 0.585. The normalized spacial score (nSPS) is 10.5. The van der Waals surface area contributed by atoms with Gasteiger partial charge >= 0.3 is 5.97 Å². The second-order valence-corrected chi connectivity index (χ2v) is 5.23. The van der Waals surface area contributed by atoms with E-state index < -0.39 is 5.97 Å². The zero-order chi connectivity index (χ0) is 16.4. The number of ether oxygens (including phenoxy) is 2. The molecule has 0 unspecified atom stereocenters. The summed E-state index contributed by atoms with van der Waals surface area (Å²) in [7, 11) is 1.53. The maximum absolute atomic E-state index is 12.4. The summed E-state index contributed by atoms with van der Waals surface area (Å²) in [5, 5.41) is 11.8. The Hall–Kier alpha value is -3.01. The van der Waals surface area contributed by atoms with Crippen LogP contribution in [-0.4, -0.2) is 18.2 Å². The van der Waals surface area contributed by atoms with Crippen LogP contribution in [0.1, 0.15) is 15.9 Å². The largest absolute Gasteiger partial charge is 0.506 e. The van der Waals surface area contributed by atoms with Crippen molar-refractivity contribution in [1.29, 1.82) is 0 Å². The standard InChI is InChI=1S/C19H16O4/c1-12-8-9-14-15(10-12)17(22-2)11-16(18(14)20)19(21)23-13-6-4-3-5-7-13/h3-11,20H,1-2H3. The van der Waals surface area contributed by atoms with E-state index in [1.54, 1.807) is 30.3 Å². The summed E-state index contributed by atoms with van der Waals surface area (Å²) in [5.41, 5.74) is 1.11. The van der Waals surface area contributed by atoms with Gasteiger partial charge in [-0.3, -0.25) is 0 Å². The van der Waals surface area contributed by atoms with Crippen molar-refractivity contribution in [3.05, 3.63) is 65.7 Å². The average molecular weight is 308 g/mol. The van der Waals surface area contributed by atoms with E-state index >= 15 is 0 Å². The molecule has 1 N–H and O–H groups in total. The molecule has 3 aromatic rings. The fourth-order valence-electron chi connectivity index (χ4n) is 2.47. The third-order valence-electron chi connectivity index (χ3n) is 3.62. The number of hydrogen-bond donors (Lipinski definition) is 1. The zero-order valence-corrected chi connectivity index (χ0v) is 12.9. The van der Waals surface area contributed by atoms with E-state index in [9.17, 15) is 9.90 Å². The van der Waals surface area contributed by atoms with Gasteiger partial charge in [-0.1, -0.05) is 35.9 Å². The predicted molar refractivity (Wildman–Crippen MR) is 88.3 cm³/mol. The van der Waals surface area contributed by atoms with Crippen molar-refractivity contribution < 1.29 is 19.4 Å². The number of esters is 1. The van der Waals surface area contributed by atoms with Crippen LogP contribution in [0.4, 0.5) is 0 Å². The van der Waals surface area contributed by atoms with E-state index in [1.807, 2.05) is 25.1 Å². The maximum atomic E-state index is 12.4. The highest BCUT2D eigenvalue weighted by Crippen LogP contribution is 2.37. The lowest BCUT2D eigenvalue weighted by molar-refractivity contribution is 0.0731. The molecule has 3 rings (SSSR count). The molecule has 4 nitrogen and oxygen atoms in total. The van der Waals surface area contributed by atoms with Crippen molar-refractivity contribution in [1.82, 2.24) is 0 Å². The number of phenols is 1. The van der Waals surface area contributed by atoms with Crippen LogP contribution in [0.3, 0.4) is 0 Å². The highest BCUT2D eigenvalue weighted by atomic mass is 16.5.